The van der Waals surface area contributed by atoms with Crippen molar-refractivity contribution in [2.75, 3.05) is 7.05 Å². The molecule has 0 aromatic heterocycles. The number of likely N-dealkylation sites (N-methyl/N-ethyl adjacent to an activating group) is 1. The van der Waals surface area contributed by atoms with Gasteiger partial charge in [0.15, 0.2) is 17.7 Å². The van der Waals surface area contributed by atoms with Crippen molar-refractivity contribution in [3.05, 3.63) is 23.8 Å². The molecule has 1 rings (SSSR count). The highest BCUT2D eigenvalue weighted by atomic mass is 32.2. The highest BCUT2D eigenvalue weighted by Crippen LogP contribution is 2.28. The minimum Gasteiger partial charge on any atom is -0.476 e. The van der Waals surface area contributed by atoms with E-state index in [1.54, 1.807) is 0 Å². The number of carbonyl (C=O) groups is 1. The molecule has 3 N–H and O–H groups in total. The van der Waals surface area contributed by atoms with E-state index in [0.29, 0.717) is 12.1 Å². The summed E-state index contributed by atoms with van der Waals surface area (Å²) in [5, 5.41) is 7.07. The van der Waals surface area contributed by atoms with E-state index >= 15 is 0 Å². The van der Waals surface area contributed by atoms with Gasteiger partial charge in [-0.15, -0.1) is 0 Å². The average Bonchev–Trinajstić information content (AvgIpc) is 2.29. The van der Waals surface area contributed by atoms with E-state index in [-0.39, 0.29) is 0 Å². The van der Waals surface area contributed by atoms with Gasteiger partial charge in [-0.1, -0.05) is 0 Å². The summed E-state index contributed by atoms with van der Waals surface area (Å²) in [6.45, 7) is 1.27. The van der Waals surface area contributed by atoms with Crippen molar-refractivity contribution in [2.24, 2.45) is 5.14 Å². The number of nitrogens with one attached hydrogen (secondary N) is 1. The lowest BCUT2D eigenvalue weighted by Gasteiger charge is -2.16. The molecule has 0 radical (unpaired) electrons. The van der Waals surface area contributed by atoms with Gasteiger partial charge in [-0.25, -0.2) is 22.3 Å². The average molecular weight is 294 g/mol. The van der Waals surface area contributed by atoms with Crippen LogP contribution >= 0.6 is 0 Å². The zero-order valence-electron chi connectivity index (χ0n) is 10.1. The molecule has 6 nitrogen and oxygen atoms in total. The van der Waals surface area contributed by atoms with Crippen LogP contribution in [-0.2, 0) is 14.8 Å². The molecule has 0 saturated heterocycles. The summed E-state index contributed by atoms with van der Waals surface area (Å²) >= 11 is 0. The highest BCUT2D eigenvalue weighted by Gasteiger charge is 2.24. The lowest BCUT2D eigenvalue weighted by molar-refractivity contribution is -0.126. The van der Waals surface area contributed by atoms with Crippen LogP contribution in [0.15, 0.2) is 17.0 Å². The molecular formula is C10H12F2N2O4S. The molecule has 0 bridgehead atoms. The van der Waals surface area contributed by atoms with Gasteiger partial charge in [0.1, 0.15) is 10.7 Å². The van der Waals surface area contributed by atoms with E-state index in [9.17, 15) is 22.0 Å². The molecule has 0 fully saturated rings. The molecular weight excluding hydrogens is 282 g/mol. The number of nitrogens with two attached hydrogens (primary N) is 1. The number of rotatable bonds is 4. The second-order valence-corrected chi connectivity index (χ2v) is 5.16. The van der Waals surface area contributed by atoms with E-state index in [4.69, 9.17) is 9.88 Å². The standard InChI is InChI=1S/C10H12F2N2O4S/c1-5(10(15)14-2)18-9-7(12)3-6(11)4-8(9)19(13,16)17/h3-5H,1-2H3,(H,14,15)(H2,13,16,17). The quantitative estimate of drug-likeness (QED) is 0.824. The molecule has 1 aromatic rings. The molecule has 0 spiro atoms. The van der Waals surface area contributed by atoms with Crippen molar-refractivity contribution in [3.8, 4) is 5.75 Å². The minimum absolute atomic E-state index is 0.431. The van der Waals surface area contributed by atoms with Gasteiger partial charge in [0, 0.05) is 13.1 Å². The Balaban J connectivity index is 3.31. The summed E-state index contributed by atoms with van der Waals surface area (Å²) in [5.74, 6) is -3.79. The highest BCUT2D eigenvalue weighted by molar-refractivity contribution is 7.89. The Morgan fingerprint density at radius 2 is 2.00 bits per heavy atom. The van der Waals surface area contributed by atoms with E-state index in [0.717, 1.165) is 0 Å². The molecule has 0 aliphatic heterocycles. The number of halogens is 2. The van der Waals surface area contributed by atoms with Crippen LogP contribution in [-0.4, -0.2) is 27.5 Å². The Bertz CT molecular complexity index is 604. The summed E-state index contributed by atoms with van der Waals surface area (Å²) in [6.07, 6.45) is -1.18. The second kappa shape index (κ2) is 5.49. The SMILES string of the molecule is CNC(=O)C(C)Oc1c(F)cc(F)cc1S(N)(=O)=O. The molecule has 1 atom stereocenters. The van der Waals surface area contributed by atoms with E-state index < -0.39 is 44.3 Å². The van der Waals surface area contributed by atoms with Crippen LogP contribution in [0, 0.1) is 11.6 Å². The first-order chi connectivity index (χ1) is 8.66. The third-order valence-electron chi connectivity index (χ3n) is 2.19. The normalized spacial score (nSPS) is 12.9. The molecule has 1 unspecified atom stereocenters. The number of primary sulfonamides is 1. The van der Waals surface area contributed by atoms with Crippen LogP contribution < -0.4 is 15.2 Å². The van der Waals surface area contributed by atoms with Crippen molar-refractivity contribution in [3.63, 3.8) is 0 Å². The number of amides is 1. The molecule has 0 saturated carbocycles. The van der Waals surface area contributed by atoms with Crippen LogP contribution in [0.1, 0.15) is 6.92 Å². The largest absolute Gasteiger partial charge is 0.476 e. The summed E-state index contributed by atoms with van der Waals surface area (Å²) < 4.78 is 53.9. The molecule has 1 amide bonds. The maximum Gasteiger partial charge on any atom is 0.260 e. The van der Waals surface area contributed by atoms with Crippen LogP contribution in [0.25, 0.3) is 0 Å². The third kappa shape index (κ3) is 3.61. The van der Waals surface area contributed by atoms with Crippen molar-refractivity contribution in [1.29, 1.82) is 0 Å². The first-order valence-corrected chi connectivity index (χ1v) is 6.61. The van der Waals surface area contributed by atoms with Gasteiger partial charge in [0.05, 0.1) is 0 Å². The van der Waals surface area contributed by atoms with E-state index in [2.05, 4.69) is 5.32 Å². The van der Waals surface area contributed by atoms with Gasteiger partial charge in [-0.05, 0) is 13.0 Å². The first-order valence-electron chi connectivity index (χ1n) is 5.07. The smallest absolute Gasteiger partial charge is 0.260 e. The minimum atomic E-state index is -4.39. The van der Waals surface area contributed by atoms with E-state index in [1.165, 1.54) is 14.0 Å². The van der Waals surface area contributed by atoms with Crippen LogP contribution in [0.3, 0.4) is 0 Å². The zero-order chi connectivity index (χ0) is 14.8. The lowest BCUT2D eigenvalue weighted by Crippen LogP contribution is -2.34. The maximum absolute atomic E-state index is 13.6. The van der Waals surface area contributed by atoms with Crippen LogP contribution in [0.5, 0.6) is 5.75 Å². The fourth-order valence-electron chi connectivity index (χ4n) is 1.30. The predicted molar refractivity (Wildman–Crippen MR) is 61.9 cm³/mol. The summed E-state index contributed by atoms with van der Waals surface area (Å²) in [5.41, 5.74) is 0. The number of hydrogen-bond donors (Lipinski definition) is 2. The molecule has 1 aromatic carbocycles. The predicted octanol–water partition coefficient (Wildman–Crippen LogP) is 0.126. The zero-order valence-corrected chi connectivity index (χ0v) is 10.9. The van der Waals surface area contributed by atoms with Gasteiger partial charge in [0.2, 0.25) is 10.0 Å². The van der Waals surface area contributed by atoms with Crippen LogP contribution in [0.2, 0.25) is 0 Å². The number of hydrogen-bond acceptors (Lipinski definition) is 4. The Morgan fingerprint density at radius 1 is 1.42 bits per heavy atom. The molecule has 0 heterocycles. The lowest BCUT2D eigenvalue weighted by atomic mass is 10.3. The topological polar surface area (TPSA) is 98.5 Å². The van der Waals surface area contributed by atoms with Crippen molar-refractivity contribution < 1.29 is 26.7 Å². The number of carbonyl (C=O) groups excluding carboxylic acids is 1. The summed E-state index contributed by atoms with van der Waals surface area (Å²) in [6, 6.07) is 0.949. The van der Waals surface area contributed by atoms with Crippen molar-refractivity contribution in [1.82, 2.24) is 5.32 Å². The molecule has 0 aliphatic rings. The Kier molecular flexibility index (Phi) is 4.43. The maximum atomic E-state index is 13.6. The van der Waals surface area contributed by atoms with Gasteiger partial charge in [-0.2, -0.15) is 0 Å². The number of sulfonamides is 1. The molecule has 19 heavy (non-hydrogen) atoms. The molecule has 9 heteroatoms. The molecule has 106 valence electrons. The van der Waals surface area contributed by atoms with E-state index in [1.807, 2.05) is 0 Å². The number of ether oxygens (including phenoxy) is 1. The first kappa shape index (κ1) is 15.3. The monoisotopic (exact) mass is 294 g/mol. The van der Waals surface area contributed by atoms with Crippen LogP contribution in [0.4, 0.5) is 8.78 Å². The summed E-state index contributed by atoms with van der Waals surface area (Å²) in [4.78, 5) is 10.4. The second-order valence-electron chi connectivity index (χ2n) is 3.63. The third-order valence-corrected chi connectivity index (χ3v) is 3.11. The van der Waals surface area contributed by atoms with Crippen molar-refractivity contribution >= 4 is 15.9 Å². The molecule has 0 aliphatic carbocycles. The Hall–Kier alpha value is -1.74. The fraction of sp³-hybridized carbons (Fsp3) is 0.300. The van der Waals surface area contributed by atoms with Gasteiger partial charge in [-0.3, -0.25) is 4.79 Å². The van der Waals surface area contributed by atoms with Crippen molar-refractivity contribution in [2.45, 2.75) is 17.9 Å². The van der Waals surface area contributed by atoms with Gasteiger partial charge < -0.3 is 10.1 Å². The Morgan fingerprint density at radius 3 is 2.47 bits per heavy atom. The Labute approximate surface area is 108 Å². The summed E-state index contributed by atoms with van der Waals surface area (Å²) in [7, 11) is -3.07. The van der Waals surface area contributed by atoms with Gasteiger partial charge in [0.25, 0.3) is 5.91 Å². The van der Waals surface area contributed by atoms with Gasteiger partial charge >= 0.3 is 0 Å². The fourth-order valence-corrected chi connectivity index (χ4v) is 1.98. The number of benzene rings is 1.